The van der Waals surface area contributed by atoms with Gasteiger partial charge in [0.2, 0.25) is 5.60 Å². The van der Waals surface area contributed by atoms with E-state index in [2.05, 4.69) is 5.32 Å². The number of aliphatic carboxylic acids is 1. The summed E-state index contributed by atoms with van der Waals surface area (Å²) in [5, 5.41) is 12.7. The Labute approximate surface area is 224 Å². The molecule has 0 saturated carbocycles. The molecule has 3 aromatic carbocycles. The van der Waals surface area contributed by atoms with Crippen LogP contribution in [-0.4, -0.2) is 54.4 Å². The van der Waals surface area contributed by atoms with Crippen LogP contribution < -0.4 is 19.5 Å². The molecule has 38 heavy (non-hydrogen) atoms. The number of carboxylic acids is 1. The van der Waals surface area contributed by atoms with Crippen LogP contribution in [0.2, 0.25) is 0 Å². The lowest BCUT2D eigenvalue weighted by atomic mass is 9.96. The molecule has 0 aliphatic carbocycles. The van der Waals surface area contributed by atoms with Crippen LogP contribution in [0.5, 0.6) is 17.2 Å². The van der Waals surface area contributed by atoms with Gasteiger partial charge in [-0.3, -0.25) is 0 Å². The lowest BCUT2D eigenvalue weighted by Crippen LogP contribution is -2.43. The van der Waals surface area contributed by atoms with Gasteiger partial charge in [-0.05, 0) is 73.9 Å². The number of nitrogens with zero attached hydrogens (tertiary/aromatic N) is 1. The van der Waals surface area contributed by atoms with Crippen molar-refractivity contribution < 1.29 is 28.9 Å². The van der Waals surface area contributed by atoms with Crippen LogP contribution in [0.25, 0.3) is 0 Å². The van der Waals surface area contributed by atoms with E-state index in [1.807, 2.05) is 37.3 Å². The van der Waals surface area contributed by atoms with E-state index in [-0.39, 0.29) is 12.5 Å². The van der Waals surface area contributed by atoms with Crippen LogP contribution in [0, 0.1) is 0 Å². The SMILES string of the molecule is CCCN(CCCOc1ccc(CC(C)(Oc2ccccc2)C(=O)O)cc1)C(=O)Nc1ccc(OC)cc1. The first-order chi connectivity index (χ1) is 18.3. The van der Waals surface area contributed by atoms with Crippen molar-refractivity contribution in [1.82, 2.24) is 4.90 Å². The minimum Gasteiger partial charge on any atom is -0.497 e. The minimum absolute atomic E-state index is 0.152. The van der Waals surface area contributed by atoms with Crippen LogP contribution in [-0.2, 0) is 11.2 Å². The van der Waals surface area contributed by atoms with Crippen LogP contribution in [0.3, 0.4) is 0 Å². The minimum atomic E-state index is -1.40. The molecule has 0 fully saturated rings. The van der Waals surface area contributed by atoms with Crippen molar-refractivity contribution in [3.05, 3.63) is 84.4 Å². The Morgan fingerprint density at radius 2 is 1.55 bits per heavy atom. The van der Waals surface area contributed by atoms with Gasteiger partial charge in [-0.1, -0.05) is 37.3 Å². The Morgan fingerprint density at radius 3 is 2.16 bits per heavy atom. The molecule has 3 aromatic rings. The van der Waals surface area contributed by atoms with Crippen molar-refractivity contribution in [3.63, 3.8) is 0 Å². The Morgan fingerprint density at radius 1 is 0.895 bits per heavy atom. The van der Waals surface area contributed by atoms with Gasteiger partial charge in [-0.25, -0.2) is 9.59 Å². The van der Waals surface area contributed by atoms with Crippen molar-refractivity contribution in [1.29, 1.82) is 0 Å². The molecule has 0 aromatic heterocycles. The van der Waals surface area contributed by atoms with Crippen LogP contribution in [0.1, 0.15) is 32.3 Å². The molecule has 0 spiro atoms. The number of carbonyl (C=O) groups is 2. The number of hydrogen-bond donors (Lipinski definition) is 2. The zero-order valence-corrected chi connectivity index (χ0v) is 22.2. The predicted octanol–water partition coefficient (Wildman–Crippen LogP) is 5.87. The van der Waals surface area contributed by atoms with E-state index in [0.29, 0.717) is 43.3 Å². The number of amides is 2. The summed E-state index contributed by atoms with van der Waals surface area (Å²) in [5.74, 6) is 0.885. The number of carbonyl (C=O) groups excluding carboxylic acids is 1. The van der Waals surface area contributed by atoms with Gasteiger partial charge in [0.15, 0.2) is 0 Å². The van der Waals surface area contributed by atoms with Crippen molar-refractivity contribution in [2.75, 3.05) is 32.1 Å². The molecule has 8 heteroatoms. The maximum Gasteiger partial charge on any atom is 0.348 e. The third-order valence-corrected chi connectivity index (χ3v) is 5.97. The third-order valence-electron chi connectivity index (χ3n) is 5.97. The first kappa shape index (κ1) is 28.4. The van der Waals surface area contributed by atoms with Crippen LogP contribution in [0.15, 0.2) is 78.9 Å². The summed E-state index contributed by atoms with van der Waals surface area (Å²) in [6, 6.07) is 23.3. The fraction of sp³-hybridized carbons (Fsp3) is 0.333. The number of ether oxygens (including phenoxy) is 3. The third kappa shape index (κ3) is 8.44. The standard InChI is InChI=1S/C30H36N2O6/c1-4-19-32(29(35)31-24-13-17-25(36-3)18-14-24)20-8-21-37-26-15-11-23(12-16-26)22-30(2,28(33)34)38-27-9-6-5-7-10-27/h5-7,9-18H,4,8,19-22H2,1-3H3,(H,31,35)(H,33,34). The Balaban J connectivity index is 1.48. The number of para-hydroxylation sites is 1. The number of benzene rings is 3. The second-order valence-corrected chi connectivity index (χ2v) is 9.12. The monoisotopic (exact) mass is 520 g/mol. The molecule has 2 N–H and O–H groups in total. The van der Waals surface area contributed by atoms with Crippen molar-refractivity contribution in [2.45, 2.75) is 38.7 Å². The number of anilines is 1. The second kappa shape index (κ2) is 13.9. The number of hydrogen-bond acceptors (Lipinski definition) is 5. The molecule has 0 aliphatic heterocycles. The molecule has 0 saturated heterocycles. The molecule has 8 nitrogen and oxygen atoms in total. The van der Waals surface area contributed by atoms with E-state index >= 15 is 0 Å². The van der Waals surface area contributed by atoms with E-state index in [4.69, 9.17) is 14.2 Å². The number of methoxy groups -OCH3 is 1. The topological polar surface area (TPSA) is 97.3 Å². The molecule has 2 amide bonds. The quantitative estimate of drug-likeness (QED) is 0.258. The molecule has 0 heterocycles. The smallest absolute Gasteiger partial charge is 0.348 e. The predicted molar refractivity (Wildman–Crippen MR) is 147 cm³/mol. The molecule has 1 atom stereocenters. The van der Waals surface area contributed by atoms with E-state index in [9.17, 15) is 14.7 Å². The number of nitrogens with one attached hydrogen (secondary N) is 1. The van der Waals surface area contributed by atoms with Crippen LogP contribution >= 0.6 is 0 Å². The molecule has 3 rings (SSSR count). The van der Waals surface area contributed by atoms with Crippen molar-refractivity contribution >= 4 is 17.7 Å². The fourth-order valence-electron chi connectivity index (χ4n) is 3.90. The molecule has 202 valence electrons. The highest BCUT2D eigenvalue weighted by molar-refractivity contribution is 5.89. The maximum atomic E-state index is 12.7. The maximum absolute atomic E-state index is 12.7. The molecule has 0 aliphatic rings. The van der Waals surface area contributed by atoms with Gasteiger partial charge in [0.1, 0.15) is 17.2 Å². The first-order valence-electron chi connectivity index (χ1n) is 12.7. The Kier molecular flexibility index (Phi) is 10.4. The average molecular weight is 521 g/mol. The highest BCUT2D eigenvalue weighted by atomic mass is 16.5. The summed E-state index contributed by atoms with van der Waals surface area (Å²) >= 11 is 0. The second-order valence-electron chi connectivity index (χ2n) is 9.12. The summed E-state index contributed by atoms with van der Waals surface area (Å²) in [6.45, 7) is 5.25. The molecular weight excluding hydrogens is 484 g/mol. The highest BCUT2D eigenvalue weighted by Gasteiger charge is 2.36. The largest absolute Gasteiger partial charge is 0.497 e. The lowest BCUT2D eigenvalue weighted by molar-refractivity contribution is -0.153. The van der Waals surface area contributed by atoms with Gasteiger partial charge in [0.05, 0.1) is 13.7 Å². The summed E-state index contributed by atoms with van der Waals surface area (Å²) in [4.78, 5) is 26.5. The van der Waals surface area contributed by atoms with Gasteiger partial charge in [0, 0.05) is 25.2 Å². The molecule has 1 unspecified atom stereocenters. The van der Waals surface area contributed by atoms with E-state index in [0.717, 1.165) is 17.7 Å². The fourth-order valence-corrected chi connectivity index (χ4v) is 3.90. The van der Waals surface area contributed by atoms with E-state index in [1.54, 1.807) is 67.5 Å². The summed E-state index contributed by atoms with van der Waals surface area (Å²) in [7, 11) is 1.60. The molecular formula is C30H36N2O6. The summed E-state index contributed by atoms with van der Waals surface area (Å²) in [5.41, 5.74) is 0.127. The first-order valence-corrected chi connectivity index (χ1v) is 12.7. The van der Waals surface area contributed by atoms with Crippen molar-refractivity contribution in [3.8, 4) is 17.2 Å². The van der Waals surface area contributed by atoms with Gasteiger partial charge in [-0.2, -0.15) is 0 Å². The van der Waals surface area contributed by atoms with Gasteiger partial charge in [0.25, 0.3) is 0 Å². The van der Waals surface area contributed by atoms with Gasteiger partial charge >= 0.3 is 12.0 Å². The van der Waals surface area contributed by atoms with Crippen LogP contribution in [0.4, 0.5) is 10.5 Å². The zero-order valence-electron chi connectivity index (χ0n) is 22.2. The zero-order chi connectivity index (χ0) is 27.4. The average Bonchev–Trinajstić information content (AvgIpc) is 2.92. The Bertz CT molecular complexity index is 1150. The Hall–Kier alpha value is -4.20. The van der Waals surface area contributed by atoms with Crippen molar-refractivity contribution in [2.24, 2.45) is 0 Å². The lowest BCUT2D eigenvalue weighted by Gasteiger charge is -2.26. The van der Waals surface area contributed by atoms with E-state index in [1.165, 1.54) is 0 Å². The highest BCUT2D eigenvalue weighted by Crippen LogP contribution is 2.24. The summed E-state index contributed by atoms with van der Waals surface area (Å²) < 4.78 is 16.8. The van der Waals surface area contributed by atoms with Gasteiger partial charge in [-0.15, -0.1) is 0 Å². The van der Waals surface area contributed by atoms with E-state index < -0.39 is 11.6 Å². The number of rotatable bonds is 14. The van der Waals surface area contributed by atoms with Gasteiger partial charge < -0.3 is 29.5 Å². The summed E-state index contributed by atoms with van der Waals surface area (Å²) in [6.07, 6.45) is 1.72. The number of urea groups is 1. The normalized spacial score (nSPS) is 12.2. The number of carboxylic acid groups (broad SMARTS) is 1. The molecule has 0 radical (unpaired) electrons. The molecule has 0 bridgehead atoms.